The average molecular weight is 429 g/mol. The molecule has 0 spiro atoms. The topological polar surface area (TPSA) is 91.6 Å². The number of hydrogen-bond donors (Lipinski definition) is 2. The van der Waals surface area contributed by atoms with Crippen LogP contribution in [0.2, 0.25) is 0 Å². The van der Waals surface area contributed by atoms with Gasteiger partial charge in [0, 0.05) is 44.8 Å². The molecule has 1 aromatic carbocycles. The molecule has 0 radical (unpaired) electrons. The monoisotopic (exact) mass is 428 g/mol. The standard InChI is InChI=1S/C22H32N6O3/c1-15-14-27(12-11-26(15)10-4-9-23-2)16-5-6-17-19(13-16)25(3)22(31)28(17)18-7-8-20(29)24-21(18)30/h5-6,13,15,18,23H,4,7-12,14H2,1-3H3,(H,24,29,30)/t15-,18+/m0/s1. The number of amides is 2. The van der Waals surface area contributed by atoms with Crippen molar-refractivity contribution in [3.63, 3.8) is 0 Å². The zero-order valence-corrected chi connectivity index (χ0v) is 18.6. The average Bonchev–Trinajstić information content (AvgIpc) is 2.99. The Labute approximate surface area is 182 Å². The van der Waals surface area contributed by atoms with E-state index < -0.39 is 11.9 Å². The van der Waals surface area contributed by atoms with E-state index in [1.54, 1.807) is 11.6 Å². The van der Waals surface area contributed by atoms with E-state index >= 15 is 0 Å². The molecule has 4 rings (SSSR count). The molecule has 0 bridgehead atoms. The summed E-state index contributed by atoms with van der Waals surface area (Å²) in [5.41, 5.74) is 2.38. The van der Waals surface area contributed by atoms with Crippen molar-refractivity contribution in [3.8, 4) is 0 Å². The Morgan fingerprint density at radius 1 is 1.16 bits per heavy atom. The van der Waals surface area contributed by atoms with Crippen LogP contribution >= 0.6 is 0 Å². The number of piperazine rings is 1. The molecule has 9 heteroatoms. The van der Waals surface area contributed by atoms with Crippen LogP contribution in [-0.2, 0) is 16.6 Å². The molecule has 0 unspecified atom stereocenters. The lowest BCUT2D eigenvalue weighted by Crippen LogP contribution is -2.52. The number of imidazole rings is 1. The van der Waals surface area contributed by atoms with Gasteiger partial charge in [-0.15, -0.1) is 0 Å². The van der Waals surface area contributed by atoms with Gasteiger partial charge in [-0.2, -0.15) is 0 Å². The molecule has 2 aliphatic heterocycles. The number of aromatic nitrogens is 2. The first kappa shape index (κ1) is 21.6. The summed E-state index contributed by atoms with van der Waals surface area (Å²) in [6.45, 7) is 7.28. The van der Waals surface area contributed by atoms with E-state index in [2.05, 4.69) is 27.4 Å². The van der Waals surface area contributed by atoms with Gasteiger partial charge < -0.3 is 10.2 Å². The fraction of sp³-hybridized carbons (Fsp3) is 0.591. The number of carbonyl (C=O) groups is 2. The van der Waals surface area contributed by atoms with Gasteiger partial charge in [0.1, 0.15) is 6.04 Å². The number of benzene rings is 1. The van der Waals surface area contributed by atoms with E-state index in [9.17, 15) is 14.4 Å². The molecule has 2 aliphatic rings. The summed E-state index contributed by atoms with van der Waals surface area (Å²) >= 11 is 0. The van der Waals surface area contributed by atoms with Crippen molar-refractivity contribution in [1.29, 1.82) is 0 Å². The fourth-order valence-electron chi connectivity index (χ4n) is 4.80. The van der Waals surface area contributed by atoms with Crippen LogP contribution in [0.3, 0.4) is 0 Å². The van der Waals surface area contributed by atoms with Gasteiger partial charge in [0.15, 0.2) is 0 Å². The highest BCUT2D eigenvalue weighted by atomic mass is 16.2. The second-order valence-corrected chi connectivity index (χ2v) is 8.64. The van der Waals surface area contributed by atoms with Crippen LogP contribution in [0.25, 0.3) is 11.0 Å². The molecule has 0 aliphatic carbocycles. The lowest BCUT2D eigenvalue weighted by molar-refractivity contribution is -0.135. The summed E-state index contributed by atoms with van der Waals surface area (Å²) in [7, 11) is 3.72. The minimum Gasteiger partial charge on any atom is -0.369 e. The third-order valence-electron chi connectivity index (χ3n) is 6.60. The molecule has 9 nitrogen and oxygen atoms in total. The van der Waals surface area contributed by atoms with Crippen LogP contribution in [0, 0.1) is 0 Å². The first-order chi connectivity index (χ1) is 14.9. The first-order valence-corrected chi connectivity index (χ1v) is 11.1. The number of imide groups is 1. The molecule has 1 aromatic heterocycles. The highest BCUT2D eigenvalue weighted by molar-refractivity contribution is 6.00. The lowest BCUT2D eigenvalue weighted by atomic mass is 10.1. The number of piperidine rings is 1. The fourth-order valence-corrected chi connectivity index (χ4v) is 4.80. The van der Waals surface area contributed by atoms with Crippen LogP contribution in [0.5, 0.6) is 0 Å². The SMILES string of the molecule is CNCCCN1CCN(c2ccc3c(c2)n(C)c(=O)n3[C@@H]2CCC(=O)NC2=O)C[C@@H]1C. The van der Waals surface area contributed by atoms with Crippen LogP contribution in [0.1, 0.15) is 32.2 Å². The lowest BCUT2D eigenvalue weighted by Gasteiger charge is -2.41. The molecule has 2 N–H and O–H groups in total. The third-order valence-corrected chi connectivity index (χ3v) is 6.60. The predicted octanol–water partition coefficient (Wildman–Crippen LogP) is 0.438. The quantitative estimate of drug-likeness (QED) is 0.513. The molecule has 2 atom stereocenters. The summed E-state index contributed by atoms with van der Waals surface area (Å²) < 4.78 is 3.13. The summed E-state index contributed by atoms with van der Waals surface area (Å²) in [5, 5.41) is 5.56. The molecule has 2 amide bonds. The number of fused-ring (bicyclic) bond motifs is 1. The molecular weight excluding hydrogens is 396 g/mol. The van der Waals surface area contributed by atoms with Gasteiger partial charge in [-0.3, -0.25) is 28.9 Å². The zero-order chi connectivity index (χ0) is 22.1. The largest absolute Gasteiger partial charge is 0.369 e. The van der Waals surface area contributed by atoms with Gasteiger partial charge in [0.25, 0.3) is 0 Å². The molecule has 2 aromatic rings. The molecular formula is C22H32N6O3. The summed E-state index contributed by atoms with van der Waals surface area (Å²) in [6, 6.07) is 5.81. The maximum Gasteiger partial charge on any atom is 0.329 e. The van der Waals surface area contributed by atoms with Gasteiger partial charge in [-0.05, 0) is 58.1 Å². The number of nitrogens with one attached hydrogen (secondary N) is 2. The Kier molecular flexibility index (Phi) is 6.15. The first-order valence-electron chi connectivity index (χ1n) is 11.1. The van der Waals surface area contributed by atoms with Crippen molar-refractivity contribution in [2.24, 2.45) is 7.05 Å². The number of nitrogens with zero attached hydrogens (tertiary/aromatic N) is 4. The summed E-state index contributed by atoms with van der Waals surface area (Å²) in [6.07, 6.45) is 1.73. The van der Waals surface area contributed by atoms with Crippen LogP contribution < -0.4 is 21.2 Å². The Hall–Kier alpha value is -2.65. The predicted molar refractivity (Wildman–Crippen MR) is 120 cm³/mol. The van der Waals surface area contributed by atoms with Crippen molar-refractivity contribution in [1.82, 2.24) is 24.7 Å². The van der Waals surface area contributed by atoms with Gasteiger partial charge in [-0.1, -0.05) is 0 Å². The molecule has 3 heterocycles. The Morgan fingerprint density at radius 2 is 1.97 bits per heavy atom. The van der Waals surface area contributed by atoms with Crippen molar-refractivity contribution >= 4 is 28.5 Å². The van der Waals surface area contributed by atoms with Crippen molar-refractivity contribution in [2.75, 3.05) is 44.7 Å². The van der Waals surface area contributed by atoms with E-state index in [0.29, 0.717) is 12.5 Å². The Bertz CT molecular complexity index is 1040. The molecule has 0 saturated carbocycles. The number of aryl methyl sites for hydroxylation is 1. The third kappa shape index (κ3) is 4.12. The smallest absolute Gasteiger partial charge is 0.329 e. The number of rotatable bonds is 6. The Balaban J connectivity index is 1.57. The van der Waals surface area contributed by atoms with Crippen LogP contribution in [0.4, 0.5) is 5.69 Å². The minimum atomic E-state index is -0.652. The molecule has 2 fully saturated rings. The van der Waals surface area contributed by atoms with Gasteiger partial charge in [-0.25, -0.2) is 4.79 Å². The maximum absolute atomic E-state index is 13.0. The number of carbonyl (C=O) groups excluding carboxylic acids is 2. The van der Waals surface area contributed by atoms with Gasteiger partial charge >= 0.3 is 5.69 Å². The second kappa shape index (κ2) is 8.84. The van der Waals surface area contributed by atoms with Crippen molar-refractivity contribution in [3.05, 3.63) is 28.7 Å². The van der Waals surface area contributed by atoms with E-state index in [1.807, 2.05) is 25.2 Å². The second-order valence-electron chi connectivity index (χ2n) is 8.64. The van der Waals surface area contributed by atoms with E-state index in [4.69, 9.17) is 0 Å². The van der Waals surface area contributed by atoms with E-state index in [0.717, 1.165) is 55.9 Å². The molecule has 2 saturated heterocycles. The number of hydrogen-bond acceptors (Lipinski definition) is 6. The minimum absolute atomic E-state index is 0.232. The molecule has 168 valence electrons. The molecule has 31 heavy (non-hydrogen) atoms. The normalized spacial score (nSPS) is 22.9. The van der Waals surface area contributed by atoms with Gasteiger partial charge in [0.2, 0.25) is 11.8 Å². The van der Waals surface area contributed by atoms with Crippen LogP contribution in [0.15, 0.2) is 23.0 Å². The van der Waals surface area contributed by atoms with Gasteiger partial charge in [0.05, 0.1) is 11.0 Å². The Morgan fingerprint density at radius 3 is 2.68 bits per heavy atom. The van der Waals surface area contributed by atoms with Crippen molar-refractivity contribution in [2.45, 2.75) is 38.3 Å². The van der Waals surface area contributed by atoms with E-state index in [-0.39, 0.29) is 18.0 Å². The zero-order valence-electron chi connectivity index (χ0n) is 18.6. The summed E-state index contributed by atoms with van der Waals surface area (Å²) in [5.74, 6) is -0.686. The summed E-state index contributed by atoms with van der Waals surface area (Å²) in [4.78, 5) is 41.7. The van der Waals surface area contributed by atoms with Crippen molar-refractivity contribution < 1.29 is 9.59 Å². The highest BCUT2D eigenvalue weighted by Crippen LogP contribution is 2.27. The number of anilines is 1. The maximum atomic E-state index is 13.0. The van der Waals surface area contributed by atoms with E-state index in [1.165, 1.54) is 4.57 Å². The van der Waals surface area contributed by atoms with Crippen LogP contribution in [-0.4, -0.2) is 71.7 Å². The highest BCUT2D eigenvalue weighted by Gasteiger charge is 2.31.